The number of alkyl halides is 3. The monoisotopic (exact) mass is 288 g/mol. The fraction of sp³-hybridized carbons (Fsp3) is 0.500. The molecule has 1 rings (SSSR count). The predicted molar refractivity (Wildman–Crippen MR) is 71.0 cm³/mol. The summed E-state index contributed by atoms with van der Waals surface area (Å²) in [6, 6.07) is 4.60. The van der Waals surface area contributed by atoms with Crippen molar-refractivity contribution >= 4 is 5.91 Å². The first-order chi connectivity index (χ1) is 9.14. The molecule has 3 nitrogen and oxygen atoms in total. The molecule has 0 fully saturated rings. The normalized spacial score (nSPS) is 12.3. The fourth-order valence-corrected chi connectivity index (χ4v) is 1.84. The summed E-state index contributed by atoms with van der Waals surface area (Å²) in [4.78, 5) is 11.8. The Balaban J connectivity index is 2.63. The molecule has 1 aromatic rings. The smallest absolute Gasteiger partial charge is 0.351 e. The number of carbonyl (C=O) groups is 1. The number of carbonyl (C=O) groups excluding carboxylic acids is 1. The average molecular weight is 288 g/mol. The van der Waals surface area contributed by atoms with Gasteiger partial charge >= 0.3 is 6.18 Å². The lowest BCUT2D eigenvalue weighted by Gasteiger charge is -2.25. The standard InChI is InChI=1S/C14H19F3N2O/c1-13(2,7-8-18)19-12(20)9-10-3-5-11(6-4-10)14(15,16)17/h3-6H,7-9,18H2,1-2H3,(H,19,20). The maximum Gasteiger partial charge on any atom is 0.416 e. The summed E-state index contributed by atoms with van der Waals surface area (Å²) in [5.41, 5.74) is 4.85. The number of amides is 1. The summed E-state index contributed by atoms with van der Waals surface area (Å²) in [5, 5.41) is 2.81. The third-order valence-electron chi connectivity index (χ3n) is 2.89. The first kappa shape index (κ1) is 16.5. The number of rotatable bonds is 5. The molecule has 0 radical (unpaired) electrons. The molecule has 0 aromatic heterocycles. The van der Waals surface area contributed by atoms with E-state index >= 15 is 0 Å². The Bertz CT molecular complexity index is 452. The van der Waals surface area contributed by atoms with Crippen molar-refractivity contribution in [2.24, 2.45) is 5.73 Å². The average Bonchev–Trinajstić information content (AvgIpc) is 2.27. The van der Waals surface area contributed by atoms with E-state index in [1.165, 1.54) is 12.1 Å². The van der Waals surface area contributed by atoms with Gasteiger partial charge in [0, 0.05) is 5.54 Å². The van der Waals surface area contributed by atoms with E-state index in [1.54, 1.807) is 0 Å². The first-order valence-electron chi connectivity index (χ1n) is 6.31. The SMILES string of the molecule is CC(C)(CCN)NC(=O)Cc1ccc(C(F)(F)F)cc1. The van der Waals surface area contributed by atoms with Gasteiger partial charge in [0.25, 0.3) is 0 Å². The molecule has 0 aliphatic rings. The Morgan fingerprint density at radius 1 is 1.20 bits per heavy atom. The van der Waals surface area contributed by atoms with Crippen LogP contribution in [-0.2, 0) is 17.4 Å². The summed E-state index contributed by atoms with van der Waals surface area (Å²) in [5.74, 6) is -0.233. The number of nitrogens with two attached hydrogens (primary N) is 1. The van der Waals surface area contributed by atoms with Crippen LogP contribution >= 0.6 is 0 Å². The maximum atomic E-state index is 12.4. The summed E-state index contributed by atoms with van der Waals surface area (Å²) in [7, 11) is 0. The third-order valence-corrected chi connectivity index (χ3v) is 2.89. The van der Waals surface area contributed by atoms with E-state index in [0.717, 1.165) is 12.1 Å². The highest BCUT2D eigenvalue weighted by molar-refractivity contribution is 5.79. The van der Waals surface area contributed by atoms with Crippen molar-refractivity contribution in [2.75, 3.05) is 6.54 Å². The van der Waals surface area contributed by atoms with Crippen molar-refractivity contribution in [3.8, 4) is 0 Å². The predicted octanol–water partition coefficient (Wildman–Crippen LogP) is 2.49. The number of benzene rings is 1. The van der Waals surface area contributed by atoms with Crippen LogP contribution in [-0.4, -0.2) is 18.0 Å². The minimum atomic E-state index is -4.36. The molecule has 0 saturated carbocycles. The Morgan fingerprint density at radius 2 is 1.75 bits per heavy atom. The van der Waals surface area contributed by atoms with Gasteiger partial charge in [-0.05, 0) is 44.5 Å². The zero-order chi connectivity index (χ0) is 15.4. The molecule has 3 N–H and O–H groups in total. The number of nitrogens with one attached hydrogen (secondary N) is 1. The van der Waals surface area contributed by atoms with Crippen molar-refractivity contribution in [3.05, 3.63) is 35.4 Å². The Morgan fingerprint density at radius 3 is 2.20 bits per heavy atom. The molecule has 1 amide bonds. The van der Waals surface area contributed by atoms with Crippen LogP contribution in [0.5, 0.6) is 0 Å². The molecule has 0 aliphatic heterocycles. The summed E-state index contributed by atoms with van der Waals surface area (Å²) >= 11 is 0. The molecule has 0 aliphatic carbocycles. The minimum Gasteiger partial charge on any atom is -0.351 e. The quantitative estimate of drug-likeness (QED) is 0.874. The summed E-state index contributed by atoms with van der Waals surface area (Å²) in [6.07, 6.45) is -3.68. The zero-order valence-corrected chi connectivity index (χ0v) is 11.6. The lowest BCUT2D eigenvalue weighted by atomic mass is 10.00. The molecule has 0 heterocycles. The summed E-state index contributed by atoms with van der Waals surface area (Å²) < 4.78 is 37.2. The van der Waals surface area contributed by atoms with Gasteiger partial charge < -0.3 is 11.1 Å². The van der Waals surface area contributed by atoms with Crippen molar-refractivity contribution in [1.82, 2.24) is 5.32 Å². The highest BCUT2D eigenvalue weighted by Gasteiger charge is 2.30. The highest BCUT2D eigenvalue weighted by Crippen LogP contribution is 2.29. The largest absolute Gasteiger partial charge is 0.416 e. The molecule has 0 spiro atoms. The van der Waals surface area contributed by atoms with Crippen LogP contribution in [0.25, 0.3) is 0 Å². The van der Waals surface area contributed by atoms with Crippen LogP contribution in [0.2, 0.25) is 0 Å². The van der Waals surface area contributed by atoms with Gasteiger partial charge in [0.15, 0.2) is 0 Å². The van der Waals surface area contributed by atoms with Gasteiger partial charge in [-0.25, -0.2) is 0 Å². The number of hydrogen-bond acceptors (Lipinski definition) is 2. The lowest BCUT2D eigenvalue weighted by Crippen LogP contribution is -2.45. The van der Waals surface area contributed by atoms with Crippen LogP contribution < -0.4 is 11.1 Å². The molecular weight excluding hydrogens is 269 g/mol. The van der Waals surface area contributed by atoms with Crippen molar-refractivity contribution in [2.45, 2.75) is 38.4 Å². The maximum absolute atomic E-state index is 12.4. The van der Waals surface area contributed by atoms with Gasteiger partial charge in [0.2, 0.25) is 5.91 Å². The van der Waals surface area contributed by atoms with E-state index in [9.17, 15) is 18.0 Å². The molecule has 0 bridgehead atoms. The number of halogens is 3. The molecule has 20 heavy (non-hydrogen) atoms. The molecule has 6 heteroatoms. The molecular formula is C14H19F3N2O. The first-order valence-corrected chi connectivity index (χ1v) is 6.31. The van der Waals surface area contributed by atoms with Crippen molar-refractivity contribution in [3.63, 3.8) is 0 Å². The Labute approximate surface area is 116 Å². The lowest BCUT2D eigenvalue weighted by molar-refractivity contribution is -0.137. The van der Waals surface area contributed by atoms with E-state index < -0.39 is 17.3 Å². The van der Waals surface area contributed by atoms with Gasteiger partial charge in [-0.15, -0.1) is 0 Å². The van der Waals surface area contributed by atoms with Crippen molar-refractivity contribution < 1.29 is 18.0 Å². The van der Waals surface area contributed by atoms with Crippen LogP contribution in [0, 0.1) is 0 Å². The fourth-order valence-electron chi connectivity index (χ4n) is 1.84. The van der Waals surface area contributed by atoms with Crippen LogP contribution in [0.1, 0.15) is 31.4 Å². The second-order valence-electron chi connectivity index (χ2n) is 5.34. The van der Waals surface area contributed by atoms with Gasteiger partial charge in [0.05, 0.1) is 12.0 Å². The van der Waals surface area contributed by atoms with Crippen molar-refractivity contribution in [1.29, 1.82) is 0 Å². The Hall–Kier alpha value is -1.56. The van der Waals surface area contributed by atoms with E-state index in [1.807, 2.05) is 13.8 Å². The summed E-state index contributed by atoms with van der Waals surface area (Å²) in [6.45, 7) is 4.16. The minimum absolute atomic E-state index is 0.0478. The molecule has 1 aromatic carbocycles. The topological polar surface area (TPSA) is 55.1 Å². The van der Waals surface area contributed by atoms with Crippen LogP contribution in [0.15, 0.2) is 24.3 Å². The van der Waals surface area contributed by atoms with E-state index in [2.05, 4.69) is 5.32 Å². The van der Waals surface area contributed by atoms with Gasteiger partial charge in [0.1, 0.15) is 0 Å². The van der Waals surface area contributed by atoms with Gasteiger partial charge in [-0.3, -0.25) is 4.79 Å². The van der Waals surface area contributed by atoms with E-state index in [4.69, 9.17) is 5.73 Å². The molecule has 0 unspecified atom stereocenters. The third kappa shape index (κ3) is 5.21. The van der Waals surface area contributed by atoms with Crippen LogP contribution in [0.3, 0.4) is 0 Å². The molecule has 0 atom stereocenters. The molecule has 112 valence electrons. The second-order valence-corrected chi connectivity index (χ2v) is 5.34. The second kappa shape index (κ2) is 6.26. The van der Waals surface area contributed by atoms with E-state index in [0.29, 0.717) is 18.5 Å². The zero-order valence-electron chi connectivity index (χ0n) is 11.6. The highest BCUT2D eigenvalue weighted by atomic mass is 19.4. The van der Waals surface area contributed by atoms with Crippen LogP contribution in [0.4, 0.5) is 13.2 Å². The van der Waals surface area contributed by atoms with Gasteiger partial charge in [-0.1, -0.05) is 12.1 Å². The van der Waals surface area contributed by atoms with E-state index in [-0.39, 0.29) is 12.3 Å². The van der Waals surface area contributed by atoms with Gasteiger partial charge in [-0.2, -0.15) is 13.2 Å². The number of hydrogen-bond donors (Lipinski definition) is 2. The molecule has 0 saturated heterocycles. The Kier molecular flexibility index (Phi) is 5.16.